The number of carboxylic acids is 1. The molecule has 46 valence electrons. The van der Waals surface area contributed by atoms with Crippen molar-refractivity contribution in [2.75, 3.05) is 0 Å². The lowest BCUT2D eigenvalue weighted by Gasteiger charge is -1.98. The molecule has 0 aromatic rings. The zero-order chi connectivity index (χ0) is 6.57. The Bertz CT molecular complexity index is 101. The van der Waals surface area contributed by atoms with Crippen molar-refractivity contribution < 1.29 is 9.90 Å². The van der Waals surface area contributed by atoms with Gasteiger partial charge in [0.1, 0.15) is 6.04 Å². The number of hydrogen-bond acceptors (Lipinski definition) is 2. The fourth-order valence-corrected chi connectivity index (χ4v) is 0.280. The average Bonchev–Trinajstić information content (AvgIpc) is 1.67. The molecule has 0 aromatic heterocycles. The largest absolute Gasteiger partial charge is 0.480 e. The lowest BCUT2D eigenvalue weighted by molar-refractivity contribution is -0.138. The molecule has 0 heterocycles. The van der Waals surface area contributed by atoms with Gasteiger partial charge < -0.3 is 10.8 Å². The molecule has 0 radical (unpaired) electrons. The molecule has 0 aromatic carbocycles. The smallest absolute Gasteiger partial charge is 0.320 e. The van der Waals surface area contributed by atoms with Crippen molar-refractivity contribution in [1.29, 1.82) is 0 Å². The van der Waals surface area contributed by atoms with Gasteiger partial charge in [0.05, 0.1) is 0 Å². The monoisotopic (exact) mass is 115 g/mol. The Morgan fingerprint density at radius 2 is 2.50 bits per heavy atom. The summed E-state index contributed by atoms with van der Waals surface area (Å²) in [5.41, 5.74) is 5.06. The van der Waals surface area contributed by atoms with Crippen LogP contribution in [0.25, 0.3) is 0 Å². The maximum atomic E-state index is 9.92. The quantitative estimate of drug-likeness (QED) is 0.508. The molecule has 3 heteroatoms. The predicted molar refractivity (Wildman–Crippen MR) is 30.4 cm³/mol. The molecule has 0 aliphatic carbocycles. The average molecular weight is 115 g/mol. The van der Waals surface area contributed by atoms with Gasteiger partial charge in [-0.05, 0) is 6.42 Å². The second kappa shape index (κ2) is 3.21. The van der Waals surface area contributed by atoms with Gasteiger partial charge in [0, 0.05) is 0 Å². The third-order valence-corrected chi connectivity index (χ3v) is 0.738. The van der Waals surface area contributed by atoms with E-state index in [0.29, 0.717) is 6.42 Å². The summed E-state index contributed by atoms with van der Waals surface area (Å²) in [6.45, 7) is 3.34. The summed E-state index contributed by atoms with van der Waals surface area (Å²) in [6, 6.07) is -0.785. The maximum absolute atomic E-state index is 9.92. The van der Waals surface area contributed by atoms with Gasteiger partial charge in [0.25, 0.3) is 0 Å². The Morgan fingerprint density at radius 3 is 2.62 bits per heavy atom. The summed E-state index contributed by atoms with van der Waals surface area (Å²) >= 11 is 0. The van der Waals surface area contributed by atoms with Crippen molar-refractivity contribution >= 4 is 5.97 Å². The van der Waals surface area contributed by atoms with E-state index in [0.717, 1.165) is 0 Å². The van der Waals surface area contributed by atoms with E-state index in [1.54, 1.807) is 0 Å². The van der Waals surface area contributed by atoms with Crippen LogP contribution in [0.2, 0.25) is 0 Å². The summed E-state index contributed by atoms with van der Waals surface area (Å²) in [5.74, 6) is -0.982. The number of carbonyl (C=O) groups is 1. The Balaban J connectivity index is 3.46. The molecule has 0 spiro atoms. The minimum absolute atomic E-state index is 0.329. The second-order valence-electron chi connectivity index (χ2n) is 1.47. The first-order valence-corrected chi connectivity index (χ1v) is 2.27. The second-order valence-corrected chi connectivity index (χ2v) is 1.47. The maximum Gasteiger partial charge on any atom is 0.320 e. The van der Waals surface area contributed by atoms with Gasteiger partial charge in [-0.25, -0.2) is 0 Å². The molecule has 0 saturated carbocycles. The van der Waals surface area contributed by atoms with Crippen molar-refractivity contribution in [3.63, 3.8) is 0 Å². The van der Waals surface area contributed by atoms with Gasteiger partial charge >= 0.3 is 5.97 Å². The van der Waals surface area contributed by atoms with Crippen LogP contribution in [0, 0.1) is 0 Å². The minimum Gasteiger partial charge on any atom is -0.480 e. The Kier molecular flexibility index (Phi) is 2.88. The SMILES string of the molecule is C=CC[C@@H](N)C(=O)O. The zero-order valence-corrected chi connectivity index (χ0v) is 4.50. The Morgan fingerprint density at radius 1 is 2.00 bits per heavy atom. The van der Waals surface area contributed by atoms with Crippen LogP contribution < -0.4 is 5.73 Å². The fraction of sp³-hybridized carbons (Fsp3) is 0.400. The van der Waals surface area contributed by atoms with Crippen LogP contribution in [0.5, 0.6) is 0 Å². The fourth-order valence-electron chi connectivity index (χ4n) is 0.280. The highest BCUT2D eigenvalue weighted by Crippen LogP contribution is 1.86. The van der Waals surface area contributed by atoms with Gasteiger partial charge in [-0.1, -0.05) is 6.08 Å². The van der Waals surface area contributed by atoms with Gasteiger partial charge in [0.2, 0.25) is 0 Å². The van der Waals surface area contributed by atoms with Crippen LogP contribution >= 0.6 is 0 Å². The highest BCUT2D eigenvalue weighted by molar-refractivity contribution is 5.73. The highest BCUT2D eigenvalue weighted by atomic mass is 16.4. The van der Waals surface area contributed by atoms with Crippen LogP contribution in [0.1, 0.15) is 6.42 Å². The van der Waals surface area contributed by atoms with Crippen molar-refractivity contribution in [2.24, 2.45) is 5.73 Å². The van der Waals surface area contributed by atoms with E-state index in [1.807, 2.05) is 0 Å². The molecule has 0 rings (SSSR count). The molecule has 3 N–H and O–H groups in total. The molecule has 0 amide bonds. The zero-order valence-electron chi connectivity index (χ0n) is 4.50. The number of carboxylic acid groups (broad SMARTS) is 1. The van der Waals surface area contributed by atoms with Gasteiger partial charge in [0.15, 0.2) is 0 Å². The van der Waals surface area contributed by atoms with Crippen LogP contribution in [0.4, 0.5) is 0 Å². The van der Waals surface area contributed by atoms with E-state index >= 15 is 0 Å². The molecular weight excluding hydrogens is 106 g/mol. The third-order valence-electron chi connectivity index (χ3n) is 0.738. The van der Waals surface area contributed by atoms with E-state index < -0.39 is 12.0 Å². The lowest BCUT2D eigenvalue weighted by atomic mass is 10.2. The van der Waals surface area contributed by atoms with Crippen molar-refractivity contribution in [1.82, 2.24) is 0 Å². The van der Waals surface area contributed by atoms with Gasteiger partial charge in [-0.3, -0.25) is 4.79 Å². The molecular formula is C5H9NO2. The first-order chi connectivity index (χ1) is 3.68. The van der Waals surface area contributed by atoms with E-state index in [4.69, 9.17) is 10.8 Å². The van der Waals surface area contributed by atoms with Crippen molar-refractivity contribution in [2.45, 2.75) is 12.5 Å². The summed E-state index contributed by atoms with van der Waals surface area (Å²) in [5, 5.41) is 8.14. The number of hydrogen-bond donors (Lipinski definition) is 2. The summed E-state index contributed by atoms with van der Waals surface area (Å²) in [7, 11) is 0. The van der Waals surface area contributed by atoms with E-state index in [1.165, 1.54) is 6.08 Å². The van der Waals surface area contributed by atoms with Crippen LogP contribution in [0.15, 0.2) is 12.7 Å². The molecule has 1 atom stereocenters. The minimum atomic E-state index is -0.982. The standard InChI is InChI=1S/C5H9NO2/c1-2-3-4(6)5(7)8/h2,4H,1,3,6H2,(H,7,8)/t4-/m1/s1. The number of rotatable bonds is 3. The lowest BCUT2D eigenvalue weighted by Crippen LogP contribution is -2.28. The Hall–Kier alpha value is -0.830. The Labute approximate surface area is 47.8 Å². The summed E-state index contributed by atoms with van der Waals surface area (Å²) in [6.07, 6.45) is 1.81. The molecule has 0 saturated heterocycles. The number of nitrogens with two attached hydrogens (primary N) is 1. The van der Waals surface area contributed by atoms with E-state index in [9.17, 15) is 4.79 Å². The predicted octanol–water partition coefficient (Wildman–Crippen LogP) is -0.0256. The number of aliphatic carboxylic acids is 1. The first kappa shape index (κ1) is 7.17. The highest BCUT2D eigenvalue weighted by Gasteiger charge is 2.06. The summed E-state index contributed by atoms with van der Waals surface area (Å²) < 4.78 is 0. The molecule has 3 nitrogen and oxygen atoms in total. The first-order valence-electron chi connectivity index (χ1n) is 2.27. The molecule has 0 fully saturated rings. The van der Waals surface area contributed by atoms with Gasteiger partial charge in [-0.2, -0.15) is 0 Å². The van der Waals surface area contributed by atoms with Crippen molar-refractivity contribution in [3.8, 4) is 0 Å². The molecule has 8 heavy (non-hydrogen) atoms. The molecule has 0 aliphatic heterocycles. The molecule has 0 unspecified atom stereocenters. The van der Waals surface area contributed by atoms with Crippen molar-refractivity contribution in [3.05, 3.63) is 12.7 Å². The molecule has 0 bridgehead atoms. The van der Waals surface area contributed by atoms with E-state index in [2.05, 4.69) is 6.58 Å². The molecule has 0 aliphatic rings. The normalized spacial score (nSPS) is 12.6. The van der Waals surface area contributed by atoms with Crippen LogP contribution in [-0.4, -0.2) is 17.1 Å². The third kappa shape index (κ3) is 2.36. The van der Waals surface area contributed by atoms with Crippen LogP contribution in [-0.2, 0) is 4.79 Å². The van der Waals surface area contributed by atoms with Crippen LogP contribution in [0.3, 0.4) is 0 Å². The van der Waals surface area contributed by atoms with Gasteiger partial charge in [-0.15, -0.1) is 6.58 Å². The summed E-state index contributed by atoms with van der Waals surface area (Å²) in [4.78, 5) is 9.92. The van der Waals surface area contributed by atoms with E-state index in [-0.39, 0.29) is 0 Å². The topological polar surface area (TPSA) is 63.3 Å².